The fraction of sp³-hybridized carbons (Fsp3) is 0.833. The van der Waals surface area contributed by atoms with E-state index in [2.05, 4.69) is 15.0 Å². The molecule has 6 nitrogen and oxygen atoms in total. The zero-order valence-electron chi connectivity index (χ0n) is 14.5. The third-order valence-corrected chi connectivity index (χ3v) is 5.84. The highest BCUT2D eigenvalue weighted by atomic mass is 16.5. The van der Waals surface area contributed by atoms with Crippen LogP contribution in [-0.4, -0.2) is 47.3 Å². The van der Waals surface area contributed by atoms with Crippen molar-refractivity contribution >= 4 is 5.91 Å². The van der Waals surface area contributed by atoms with Gasteiger partial charge < -0.3 is 14.2 Å². The first kappa shape index (κ1) is 16.1. The molecule has 1 aliphatic carbocycles. The van der Waals surface area contributed by atoms with Crippen LogP contribution >= 0.6 is 0 Å². The number of amides is 1. The van der Waals surface area contributed by atoms with E-state index in [1.54, 1.807) is 0 Å². The van der Waals surface area contributed by atoms with Crippen molar-refractivity contribution in [2.45, 2.75) is 57.3 Å². The van der Waals surface area contributed by atoms with E-state index in [1.165, 1.54) is 12.8 Å². The lowest BCUT2D eigenvalue weighted by Gasteiger charge is -2.42. The van der Waals surface area contributed by atoms with Crippen LogP contribution in [0.2, 0.25) is 0 Å². The molecule has 1 unspecified atom stereocenters. The lowest BCUT2D eigenvalue weighted by Crippen LogP contribution is -2.51. The molecule has 24 heavy (non-hydrogen) atoms. The third-order valence-electron chi connectivity index (χ3n) is 5.84. The van der Waals surface area contributed by atoms with E-state index in [9.17, 15) is 4.79 Å². The molecular weight excluding hydrogens is 306 g/mol. The van der Waals surface area contributed by atoms with E-state index in [0.717, 1.165) is 56.9 Å². The Labute approximate surface area is 142 Å². The van der Waals surface area contributed by atoms with Gasteiger partial charge in [-0.1, -0.05) is 18.0 Å². The van der Waals surface area contributed by atoms with E-state index in [4.69, 9.17) is 9.26 Å². The van der Waals surface area contributed by atoms with Crippen molar-refractivity contribution in [3.63, 3.8) is 0 Å². The van der Waals surface area contributed by atoms with Crippen LogP contribution in [0.25, 0.3) is 0 Å². The van der Waals surface area contributed by atoms with Gasteiger partial charge >= 0.3 is 0 Å². The molecule has 6 heteroatoms. The number of hydrogen-bond donors (Lipinski definition) is 0. The SMILES string of the molecule is Cc1nc(C2(CC3CC3)CCCN(C(=O)C3CCOCC3)C2)no1. The summed E-state index contributed by atoms with van der Waals surface area (Å²) in [6.07, 6.45) is 7.47. The van der Waals surface area contributed by atoms with Crippen molar-refractivity contribution in [1.82, 2.24) is 15.0 Å². The van der Waals surface area contributed by atoms with Crippen LogP contribution in [0.4, 0.5) is 0 Å². The van der Waals surface area contributed by atoms with Gasteiger partial charge in [0, 0.05) is 39.1 Å². The van der Waals surface area contributed by atoms with Crippen molar-refractivity contribution < 1.29 is 14.1 Å². The highest BCUT2D eigenvalue weighted by Gasteiger charge is 2.46. The van der Waals surface area contributed by atoms with Gasteiger partial charge in [0.2, 0.25) is 11.8 Å². The highest BCUT2D eigenvalue weighted by molar-refractivity contribution is 5.79. The number of aryl methyl sites for hydroxylation is 1. The van der Waals surface area contributed by atoms with Crippen molar-refractivity contribution in [2.75, 3.05) is 26.3 Å². The Balaban J connectivity index is 1.54. The van der Waals surface area contributed by atoms with E-state index >= 15 is 0 Å². The summed E-state index contributed by atoms with van der Waals surface area (Å²) in [5.74, 6) is 2.63. The van der Waals surface area contributed by atoms with Crippen LogP contribution in [0, 0.1) is 18.8 Å². The largest absolute Gasteiger partial charge is 0.381 e. The average molecular weight is 333 g/mol. The van der Waals surface area contributed by atoms with Gasteiger partial charge in [-0.3, -0.25) is 4.79 Å². The van der Waals surface area contributed by atoms with Crippen molar-refractivity contribution in [3.8, 4) is 0 Å². The highest BCUT2D eigenvalue weighted by Crippen LogP contribution is 2.45. The number of ether oxygens (including phenoxy) is 1. The van der Waals surface area contributed by atoms with Crippen molar-refractivity contribution in [3.05, 3.63) is 11.7 Å². The molecule has 1 aromatic heterocycles. The van der Waals surface area contributed by atoms with E-state index < -0.39 is 0 Å². The lowest BCUT2D eigenvalue weighted by molar-refractivity contribution is -0.141. The summed E-state index contributed by atoms with van der Waals surface area (Å²) in [5.41, 5.74) is -0.113. The molecule has 0 bridgehead atoms. The fourth-order valence-corrected chi connectivity index (χ4v) is 4.35. The maximum absolute atomic E-state index is 13.0. The molecule has 132 valence electrons. The quantitative estimate of drug-likeness (QED) is 0.846. The number of rotatable bonds is 4. The van der Waals surface area contributed by atoms with Gasteiger partial charge in [-0.15, -0.1) is 0 Å². The maximum atomic E-state index is 13.0. The lowest BCUT2D eigenvalue weighted by atomic mass is 9.74. The monoisotopic (exact) mass is 333 g/mol. The normalized spacial score (nSPS) is 29.0. The summed E-state index contributed by atoms with van der Waals surface area (Å²) < 4.78 is 10.7. The first-order valence-electron chi connectivity index (χ1n) is 9.34. The minimum atomic E-state index is -0.113. The van der Waals surface area contributed by atoms with Gasteiger partial charge in [-0.2, -0.15) is 4.98 Å². The Kier molecular flexibility index (Phi) is 4.33. The molecule has 1 saturated carbocycles. The molecule has 2 aliphatic heterocycles. The van der Waals surface area contributed by atoms with E-state index in [-0.39, 0.29) is 11.3 Å². The summed E-state index contributed by atoms with van der Waals surface area (Å²) in [5, 5.41) is 4.25. The van der Waals surface area contributed by atoms with Gasteiger partial charge in [0.25, 0.3) is 0 Å². The van der Waals surface area contributed by atoms with Crippen LogP contribution in [0.1, 0.15) is 56.7 Å². The molecule has 0 aromatic carbocycles. The van der Waals surface area contributed by atoms with Crippen LogP contribution in [-0.2, 0) is 14.9 Å². The number of nitrogens with zero attached hydrogens (tertiary/aromatic N) is 3. The van der Waals surface area contributed by atoms with Gasteiger partial charge in [-0.05, 0) is 38.0 Å². The smallest absolute Gasteiger partial charge is 0.225 e. The molecule has 1 amide bonds. The molecular formula is C18H27N3O3. The summed E-state index contributed by atoms with van der Waals surface area (Å²) in [6, 6.07) is 0. The Bertz CT molecular complexity index is 592. The Morgan fingerprint density at radius 3 is 2.75 bits per heavy atom. The first-order chi connectivity index (χ1) is 11.7. The van der Waals surface area contributed by atoms with E-state index in [1.807, 2.05) is 6.92 Å². The molecule has 3 fully saturated rings. The van der Waals surface area contributed by atoms with Crippen LogP contribution in [0.3, 0.4) is 0 Å². The predicted molar refractivity (Wildman–Crippen MR) is 87.4 cm³/mol. The molecule has 3 heterocycles. The van der Waals surface area contributed by atoms with Crippen LogP contribution in [0.15, 0.2) is 4.52 Å². The van der Waals surface area contributed by atoms with Crippen LogP contribution in [0.5, 0.6) is 0 Å². The minimum Gasteiger partial charge on any atom is -0.381 e. The van der Waals surface area contributed by atoms with Gasteiger partial charge in [0.1, 0.15) is 0 Å². The number of carbonyl (C=O) groups is 1. The summed E-state index contributed by atoms with van der Waals surface area (Å²) in [4.78, 5) is 19.6. The van der Waals surface area contributed by atoms with E-state index in [0.29, 0.717) is 25.0 Å². The molecule has 1 atom stereocenters. The van der Waals surface area contributed by atoms with Gasteiger partial charge in [-0.25, -0.2) is 0 Å². The maximum Gasteiger partial charge on any atom is 0.225 e. The number of carbonyl (C=O) groups excluding carboxylic acids is 1. The predicted octanol–water partition coefficient (Wildman–Crippen LogP) is 2.46. The fourth-order valence-electron chi connectivity index (χ4n) is 4.35. The number of likely N-dealkylation sites (tertiary alicyclic amines) is 1. The third kappa shape index (κ3) is 3.21. The molecule has 2 saturated heterocycles. The Morgan fingerprint density at radius 1 is 1.29 bits per heavy atom. The number of piperidine rings is 1. The van der Waals surface area contributed by atoms with Gasteiger partial charge in [0.15, 0.2) is 5.82 Å². The molecule has 0 radical (unpaired) electrons. The standard InChI is InChI=1S/C18H27N3O3/c1-13-19-17(20-24-13)18(11-14-3-4-14)7-2-8-21(12-18)16(22)15-5-9-23-10-6-15/h14-15H,2-12H2,1H3. The summed E-state index contributed by atoms with van der Waals surface area (Å²) in [6.45, 7) is 4.87. The molecule has 1 aromatic rings. The zero-order chi connectivity index (χ0) is 16.6. The summed E-state index contributed by atoms with van der Waals surface area (Å²) in [7, 11) is 0. The Morgan fingerprint density at radius 2 is 2.08 bits per heavy atom. The minimum absolute atomic E-state index is 0.113. The topological polar surface area (TPSA) is 68.5 Å². The van der Waals surface area contributed by atoms with Gasteiger partial charge in [0.05, 0.1) is 5.41 Å². The zero-order valence-corrected chi connectivity index (χ0v) is 14.5. The Hall–Kier alpha value is -1.43. The second kappa shape index (κ2) is 6.47. The molecule has 0 spiro atoms. The van der Waals surface area contributed by atoms with Crippen molar-refractivity contribution in [2.24, 2.45) is 11.8 Å². The second-order valence-electron chi connectivity index (χ2n) is 7.81. The number of hydrogen-bond acceptors (Lipinski definition) is 5. The first-order valence-corrected chi connectivity index (χ1v) is 9.34. The summed E-state index contributed by atoms with van der Waals surface area (Å²) >= 11 is 0. The van der Waals surface area contributed by atoms with Crippen LogP contribution < -0.4 is 0 Å². The second-order valence-corrected chi connectivity index (χ2v) is 7.81. The molecule has 4 rings (SSSR count). The molecule has 0 N–H and O–H groups in total. The average Bonchev–Trinajstić information content (AvgIpc) is 3.31. The van der Waals surface area contributed by atoms with Crippen molar-refractivity contribution in [1.29, 1.82) is 0 Å². The molecule has 3 aliphatic rings. The number of aromatic nitrogens is 2.